The second kappa shape index (κ2) is 5.95. The van der Waals surface area contributed by atoms with Gasteiger partial charge in [0.2, 0.25) is 5.88 Å². The van der Waals surface area contributed by atoms with E-state index in [0.717, 1.165) is 31.5 Å². The Bertz CT molecular complexity index is 655. The molecular weight excluding hydrogens is 264 g/mol. The molecule has 21 heavy (non-hydrogen) atoms. The molecule has 0 bridgehead atoms. The first kappa shape index (κ1) is 13.6. The van der Waals surface area contributed by atoms with Crippen LogP contribution in [0.1, 0.15) is 28.8 Å². The molecular formula is C17H18N2O2. The molecule has 2 heterocycles. The number of hydrogen-bond donors (Lipinski definition) is 0. The number of nitrogens with zero attached hydrogens (tertiary/aromatic N) is 2. The zero-order chi connectivity index (χ0) is 14.7. The van der Waals surface area contributed by atoms with Gasteiger partial charge in [0.05, 0.1) is 7.11 Å². The van der Waals surface area contributed by atoms with Crippen molar-refractivity contribution in [2.45, 2.75) is 19.3 Å². The molecule has 0 spiro atoms. The topological polar surface area (TPSA) is 42.4 Å². The summed E-state index contributed by atoms with van der Waals surface area (Å²) >= 11 is 0. The molecule has 0 atom stereocenters. The number of benzene rings is 1. The van der Waals surface area contributed by atoms with Crippen molar-refractivity contribution in [2.24, 2.45) is 0 Å². The molecule has 0 N–H and O–H groups in total. The van der Waals surface area contributed by atoms with Gasteiger partial charge < -0.3 is 9.64 Å². The Hall–Kier alpha value is -2.36. The predicted octanol–water partition coefficient (Wildman–Crippen LogP) is 3.07. The lowest BCUT2D eigenvalue weighted by atomic mass is 10.1. The second-order valence-corrected chi connectivity index (χ2v) is 5.10. The van der Waals surface area contributed by atoms with E-state index < -0.39 is 0 Å². The van der Waals surface area contributed by atoms with Gasteiger partial charge in [0.15, 0.2) is 0 Å². The van der Waals surface area contributed by atoms with Gasteiger partial charge >= 0.3 is 0 Å². The SMILES string of the molecule is COc1ncccc1C(=O)N1CCCCc2ccccc21. The molecule has 4 heteroatoms. The fourth-order valence-corrected chi connectivity index (χ4v) is 2.76. The Morgan fingerprint density at radius 1 is 1.19 bits per heavy atom. The number of methoxy groups -OCH3 is 1. The number of para-hydroxylation sites is 1. The van der Waals surface area contributed by atoms with Crippen LogP contribution in [0.25, 0.3) is 0 Å². The maximum atomic E-state index is 12.9. The number of aromatic nitrogens is 1. The fourth-order valence-electron chi connectivity index (χ4n) is 2.76. The summed E-state index contributed by atoms with van der Waals surface area (Å²) in [7, 11) is 1.54. The third-order valence-corrected chi connectivity index (χ3v) is 3.80. The highest BCUT2D eigenvalue weighted by Gasteiger charge is 2.24. The van der Waals surface area contributed by atoms with E-state index in [9.17, 15) is 4.79 Å². The maximum Gasteiger partial charge on any atom is 0.263 e. The summed E-state index contributed by atoms with van der Waals surface area (Å²) in [6.45, 7) is 0.730. The van der Waals surface area contributed by atoms with Crippen LogP contribution in [0, 0.1) is 0 Å². The van der Waals surface area contributed by atoms with Crippen LogP contribution in [-0.4, -0.2) is 24.5 Å². The largest absolute Gasteiger partial charge is 0.480 e. The van der Waals surface area contributed by atoms with Crippen LogP contribution in [0.3, 0.4) is 0 Å². The Morgan fingerprint density at radius 2 is 2.05 bits per heavy atom. The van der Waals surface area contributed by atoms with Gasteiger partial charge in [-0.25, -0.2) is 4.98 Å². The first-order valence-electron chi connectivity index (χ1n) is 7.20. The van der Waals surface area contributed by atoms with Gasteiger partial charge in [-0.05, 0) is 43.0 Å². The first-order chi connectivity index (χ1) is 10.3. The molecule has 1 aliphatic heterocycles. The molecule has 1 amide bonds. The fraction of sp³-hybridized carbons (Fsp3) is 0.294. The minimum atomic E-state index is -0.0469. The summed E-state index contributed by atoms with van der Waals surface area (Å²) in [6, 6.07) is 11.6. The molecule has 1 aliphatic rings. The van der Waals surface area contributed by atoms with E-state index in [1.54, 1.807) is 18.3 Å². The van der Waals surface area contributed by atoms with Crippen molar-refractivity contribution in [1.29, 1.82) is 0 Å². The number of amides is 1. The van der Waals surface area contributed by atoms with Crippen LogP contribution in [0.15, 0.2) is 42.6 Å². The molecule has 0 aliphatic carbocycles. The van der Waals surface area contributed by atoms with Gasteiger partial charge in [-0.3, -0.25) is 4.79 Å². The number of anilines is 1. The maximum absolute atomic E-state index is 12.9. The van der Waals surface area contributed by atoms with E-state index in [1.807, 2.05) is 23.1 Å². The lowest BCUT2D eigenvalue weighted by Gasteiger charge is -2.23. The molecule has 0 unspecified atom stereocenters. The number of carbonyl (C=O) groups is 1. The predicted molar refractivity (Wildman–Crippen MR) is 81.8 cm³/mol. The standard InChI is InChI=1S/C17H18N2O2/c1-21-16-14(9-6-11-18-16)17(20)19-12-5-4-8-13-7-2-3-10-15(13)19/h2-3,6-7,9-11H,4-5,8,12H2,1H3. The molecule has 0 fully saturated rings. The average molecular weight is 282 g/mol. The minimum Gasteiger partial charge on any atom is -0.480 e. The van der Waals surface area contributed by atoms with Crippen molar-refractivity contribution in [3.63, 3.8) is 0 Å². The molecule has 2 aromatic rings. The number of fused-ring (bicyclic) bond motifs is 1. The average Bonchev–Trinajstić information content (AvgIpc) is 2.76. The summed E-state index contributed by atoms with van der Waals surface area (Å²) in [6.07, 6.45) is 4.75. The second-order valence-electron chi connectivity index (χ2n) is 5.10. The van der Waals surface area contributed by atoms with Crippen LogP contribution < -0.4 is 9.64 Å². The van der Waals surface area contributed by atoms with Crippen LogP contribution >= 0.6 is 0 Å². The Balaban J connectivity index is 2.01. The number of aryl methyl sites for hydroxylation is 1. The van der Waals surface area contributed by atoms with Crippen molar-refractivity contribution < 1.29 is 9.53 Å². The van der Waals surface area contributed by atoms with Crippen LogP contribution in [-0.2, 0) is 6.42 Å². The monoisotopic (exact) mass is 282 g/mol. The Labute approximate surface area is 124 Å². The van der Waals surface area contributed by atoms with Crippen molar-refractivity contribution in [1.82, 2.24) is 4.98 Å². The van der Waals surface area contributed by atoms with Crippen LogP contribution in [0.5, 0.6) is 5.88 Å². The normalized spacial score (nSPS) is 14.2. The van der Waals surface area contributed by atoms with Crippen LogP contribution in [0.2, 0.25) is 0 Å². The summed E-state index contributed by atoms with van der Waals surface area (Å²) in [5.74, 6) is 0.332. The van der Waals surface area contributed by atoms with E-state index >= 15 is 0 Å². The molecule has 0 saturated carbocycles. The van der Waals surface area contributed by atoms with Crippen molar-refractivity contribution in [3.8, 4) is 5.88 Å². The molecule has 4 nitrogen and oxygen atoms in total. The lowest BCUT2D eigenvalue weighted by Crippen LogP contribution is -2.32. The Kier molecular flexibility index (Phi) is 3.86. The molecule has 0 saturated heterocycles. The highest BCUT2D eigenvalue weighted by molar-refractivity contribution is 6.08. The number of rotatable bonds is 2. The van der Waals surface area contributed by atoms with E-state index in [4.69, 9.17) is 4.74 Å². The quantitative estimate of drug-likeness (QED) is 0.850. The minimum absolute atomic E-state index is 0.0469. The van der Waals surface area contributed by atoms with Gasteiger partial charge in [0.1, 0.15) is 5.56 Å². The number of pyridine rings is 1. The summed E-state index contributed by atoms with van der Waals surface area (Å²) < 4.78 is 5.22. The van der Waals surface area contributed by atoms with Crippen LogP contribution in [0.4, 0.5) is 5.69 Å². The summed E-state index contributed by atoms with van der Waals surface area (Å²) in [5, 5.41) is 0. The highest BCUT2D eigenvalue weighted by Crippen LogP contribution is 2.28. The zero-order valence-electron chi connectivity index (χ0n) is 12.1. The summed E-state index contributed by atoms with van der Waals surface area (Å²) in [5.41, 5.74) is 2.74. The van der Waals surface area contributed by atoms with E-state index in [2.05, 4.69) is 11.1 Å². The number of hydrogen-bond acceptors (Lipinski definition) is 3. The first-order valence-corrected chi connectivity index (χ1v) is 7.20. The molecule has 0 radical (unpaired) electrons. The third kappa shape index (κ3) is 2.61. The van der Waals surface area contributed by atoms with E-state index in [0.29, 0.717) is 11.4 Å². The molecule has 3 rings (SSSR count). The smallest absolute Gasteiger partial charge is 0.263 e. The Morgan fingerprint density at radius 3 is 2.90 bits per heavy atom. The van der Waals surface area contributed by atoms with Crippen molar-refractivity contribution >= 4 is 11.6 Å². The lowest BCUT2D eigenvalue weighted by molar-refractivity contribution is 0.0983. The van der Waals surface area contributed by atoms with Gasteiger partial charge in [0.25, 0.3) is 5.91 Å². The molecule has 1 aromatic carbocycles. The van der Waals surface area contributed by atoms with E-state index in [-0.39, 0.29) is 5.91 Å². The third-order valence-electron chi connectivity index (χ3n) is 3.80. The van der Waals surface area contributed by atoms with Crippen molar-refractivity contribution in [2.75, 3.05) is 18.6 Å². The molecule has 1 aromatic heterocycles. The van der Waals surface area contributed by atoms with E-state index in [1.165, 1.54) is 12.7 Å². The van der Waals surface area contributed by atoms with Gasteiger partial charge in [0, 0.05) is 18.4 Å². The zero-order valence-corrected chi connectivity index (χ0v) is 12.1. The highest BCUT2D eigenvalue weighted by atomic mass is 16.5. The number of carbonyl (C=O) groups excluding carboxylic acids is 1. The molecule has 108 valence electrons. The van der Waals surface area contributed by atoms with Gasteiger partial charge in [-0.15, -0.1) is 0 Å². The van der Waals surface area contributed by atoms with Gasteiger partial charge in [-0.1, -0.05) is 18.2 Å². The van der Waals surface area contributed by atoms with Gasteiger partial charge in [-0.2, -0.15) is 0 Å². The summed E-state index contributed by atoms with van der Waals surface area (Å²) in [4.78, 5) is 18.9. The number of ether oxygens (including phenoxy) is 1. The van der Waals surface area contributed by atoms with Crippen molar-refractivity contribution in [3.05, 3.63) is 53.7 Å².